The quantitative estimate of drug-likeness (QED) is 0.673. The monoisotopic (exact) mass is 191 g/mol. The van der Waals surface area contributed by atoms with Crippen molar-refractivity contribution < 1.29 is 9.53 Å². The second-order valence-electron chi connectivity index (χ2n) is 3.33. The van der Waals surface area contributed by atoms with Gasteiger partial charge in [-0.3, -0.25) is 4.79 Å². The second-order valence-corrected chi connectivity index (χ2v) is 3.33. The van der Waals surface area contributed by atoms with Crippen molar-refractivity contribution in [2.24, 2.45) is 0 Å². The van der Waals surface area contributed by atoms with Gasteiger partial charge in [0.05, 0.1) is 6.61 Å². The summed E-state index contributed by atoms with van der Waals surface area (Å²) in [6, 6.07) is 9.30. The van der Waals surface area contributed by atoms with Crippen molar-refractivity contribution in [3.63, 3.8) is 0 Å². The minimum atomic E-state index is -0.0947. The zero-order chi connectivity index (χ0) is 9.97. The molecule has 0 saturated carbocycles. The summed E-state index contributed by atoms with van der Waals surface area (Å²) >= 11 is 0. The highest BCUT2D eigenvalue weighted by Gasteiger charge is 2.26. The van der Waals surface area contributed by atoms with Crippen molar-refractivity contribution in [2.75, 3.05) is 13.2 Å². The van der Waals surface area contributed by atoms with E-state index in [1.54, 1.807) is 4.90 Å². The molecule has 1 amide bonds. The third kappa shape index (κ3) is 1.63. The number of nitrogens with zero attached hydrogens (tertiary/aromatic N) is 1. The molecule has 1 heterocycles. The van der Waals surface area contributed by atoms with Gasteiger partial charge in [0.15, 0.2) is 0 Å². The summed E-state index contributed by atoms with van der Waals surface area (Å²) in [5, 5.41) is 0. The summed E-state index contributed by atoms with van der Waals surface area (Å²) in [5.41, 5.74) is 0.727. The summed E-state index contributed by atoms with van der Waals surface area (Å²) < 4.78 is 5.31. The van der Waals surface area contributed by atoms with Gasteiger partial charge in [0.1, 0.15) is 6.23 Å². The van der Waals surface area contributed by atoms with E-state index in [9.17, 15) is 4.79 Å². The van der Waals surface area contributed by atoms with Crippen LogP contribution in [0.3, 0.4) is 0 Å². The van der Waals surface area contributed by atoms with Crippen molar-refractivity contribution in [3.05, 3.63) is 35.9 Å². The van der Waals surface area contributed by atoms with Crippen LogP contribution in [0.1, 0.15) is 17.3 Å². The Bertz CT molecular complexity index is 323. The Morgan fingerprint density at radius 1 is 1.43 bits per heavy atom. The van der Waals surface area contributed by atoms with E-state index in [4.69, 9.17) is 4.74 Å². The molecular formula is C11H13NO2. The van der Waals surface area contributed by atoms with Gasteiger partial charge in [-0.1, -0.05) is 18.2 Å². The molecule has 0 radical (unpaired) electrons. The maximum absolute atomic E-state index is 11.9. The van der Waals surface area contributed by atoms with Gasteiger partial charge >= 0.3 is 0 Å². The fourth-order valence-electron chi connectivity index (χ4n) is 1.61. The first-order valence-electron chi connectivity index (χ1n) is 4.76. The molecule has 2 rings (SSSR count). The highest BCUT2D eigenvalue weighted by Crippen LogP contribution is 2.13. The average molecular weight is 191 g/mol. The van der Waals surface area contributed by atoms with Crippen LogP contribution in [0.15, 0.2) is 30.3 Å². The summed E-state index contributed by atoms with van der Waals surface area (Å²) in [6.45, 7) is 3.22. The average Bonchev–Trinajstić information content (AvgIpc) is 2.65. The number of carbonyl (C=O) groups excluding carboxylic acids is 1. The van der Waals surface area contributed by atoms with Gasteiger partial charge in [0, 0.05) is 12.1 Å². The first-order chi connectivity index (χ1) is 6.79. The predicted octanol–water partition coefficient (Wildman–Crippen LogP) is 1.51. The molecular weight excluding hydrogens is 178 g/mol. The van der Waals surface area contributed by atoms with Crippen molar-refractivity contribution in [1.82, 2.24) is 4.90 Å². The second kappa shape index (κ2) is 3.80. The van der Waals surface area contributed by atoms with E-state index in [0.717, 1.165) is 5.56 Å². The van der Waals surface area contributed by atoms with Gasteiger partial charge in [-0.05, 0) is 19.1 Å². The van der Waals surface area contributed by atoms with Crippen LogP contribution < -0.4 is 0 Å². The molecule has 0 bridgehead atoms. The maximum Gasteiger partial charge on any atom is 0.255 e. The number of ether oxygens (including phenoxy) is 1. The minimum absolute atomic E-state index is 0.0515. The normalized spacial score (nSPS) is 21.2. The van der Waals surface area contributed by atoms with E-state index in [1.165, 1.54) is 0 Å². The third-order valence-electron chi connectivity index (χ3n) is 2.41. The standard InChI is InChI=1S/C11H13NO2/c1-9-12(7-8-14-9)11(13)10-5-3-2-4-6-10/h2-6,9H,7-8H2,1H3. The summed E-state index contributed by atoms with van der Waals surface area (Å²) in [4.78, 5) is 13.6. The number of amides is 1. The van der Waals surface area contributed by atoms with Crippen LogP contribution in [0.25, 0.3) is 0 Å². The topological polar surface area (TPSA) is 29.5 Å². The fourth-order valence-corrected chi connectivity index (χ4v) is 1.61. The SMILES string of the molecule is CC1OCCN1C(=O)c1ccccc1. The molecule has 0 aliphatic carbocycles. The van der Waals surface area contributed by atoms with Crippen LogP contribution in [0, 0.1) is 0 Å². The van der Waals surface area contributed by atoms with Gasteiger partial charge in [0.2, 0.25) is 0 Å². The Balaban J connectivity index is 2.16. The van der Waals surface area contributed by atoms with E-state index >= 15 is 0 Å². The highest BCUT2D eigenvalue weighted by molar-refractivity contribution is 5.94. The van der Waals surface area contributed by atoms with Crippen molar-refractivity contribution in [3.8, 4) is 0 Å². The van der Waals surface area contributed by atoms with E-state index in [0.29, 0.717) is 13.2 Å². The third-order valence-corrected chi connectivity index (χ3v) is 2.41. The van der Waals surface area contributed by atoms with Crippen LogP contribution >= 0.6 is 0 Å². The van der Waals surface area contributed by atoms with E-state index < -0.39 is 0 Å². The lowest BCUT2D eigenvalue weighted by Gasteiger charge is -2.19. The van der Waals surface area contributed by atoms with Gasteiger partial charge < -0.3 is 9.64 Å². The lowest BCUT2D eigenvalue weighted by molar-refractivity contribution is 0.0378. The molecule has 74 valence electrons. The number of rotatable bonds is 1. The number of hydrogen-bond acceptors (Lipinski definition) is 2. The summed E-state index contributed by atoms with van der Waals surface area (Å²) in [5.74, 6) is 0.0515. The zero-order valence-electron chi connectivity index (χ0n) is 8.14. The Morgan fingerprint density at radius 2 is 2.14 bits per heavy atom. The molecule has 0 N–H and O–H groups in total. The van der Waals surface area contributed by atoms with Gasteiger partial charge in [-0.2, -0.15) is 0 Å². The molecule has 1 unspecified atom stereocenters. The molecule has 0 spiro atoms. The smallest absolute Gasteiger partial charge is 0.255 e. The molecule has 1 aromatic rings. The molecule has 1 atom stereocenters. The van der Waals surface area contributed by atoms with E-state index in [-0.39, 0.29) is 12.1 Å². The molecule has 0 aromatic heterocycles. The fraction of sp³-hybridized carbons (Fsp3) is 0.364. The first kappa shape index (κ1) is 9.21. The van der Waals surface area contributed by atoms with Crippen LogP contribution in [0.2, 0.25) is 0 Å². The molecule has 3 nitrogen and oxygen atoms in total. The molecule has 1 saturated heterocycles. The zero-order valence-corrected chi connectivity index (χ0v) is 8.14. The number of hydrogen-bond donors (Lipinski definition) is 0. The van der Waals surface area contributed by atoms with Gasteiger partial charge in [-0.25, -0.2) is 0 Å². The first-order valence-corrected chi connectivity index (χ1v) is 4.76. The van der Waals surface area contributed by atoms with Crippen LogP contribution in [0.5, 0.6) is 0 Å². The van der Waals surface area contributed by atoms with Gasteiger partial charge in [-0.15, -0.1) is 0 Å². The largest absolute Gasteiger partial charge is 0.357 e. The maximum atomic E-state index is 11.9. The Morgan fingerprint density at radius 3 is 2.71 bits per heavy atom. The number of benzene rings is 1. The predicted molar refractivity (Wildman–Crippen MR) is 52.9 cm³/mol. The molecule has 1 fully saturated rings. The Hall–Kier alpha value is -1.35. The van der Waals surface area contributed by atoms with Crippen LogP contribution in [0.4, 0.5) is 0 Å². The lowest BCUT2D eigenvalue weighted by Crippen LogP contribution is -2.34. The summed E-state index contributed by atoms with van der Waals surface area (Å²) in [7, 11) is 0. The minimum Gasteiger partial charge on any atom is -0.357 e. The molecule has 1 aromatic carbocycles. The molecule has 3 heteroatoms. The number of carbonyl (C=O) groups is 1. The lowest BCUT2D eigenvalue weighted by atomic mass is 10.2. The summed E-state index contributed by atoms with van der Waals surface area (Å²) in [6.07, 6.45) is -0.0947. The Kier molecular flexibility index (Phi) is 2.50. The van der Waals surface area contributed by atoms with E-state index in [2.05, 4.69) is 0 Å². The molecule has 1 aliphatic rings. The molecule has 14 heavy (non-hydrogen) atoms. The van der Waals surface area contributed by atoms with Crippen LogP contribution in [-0.4, -0.2) is 30.2 Å². The molecule has 1 aliphatic heterocycles. The van der Waals surface area contributed by atoms with Crippen molar-refractivity contribution in [1.29, 1.82) is 0 Å². The van der Waals surface area contributed by atoms with Gasteiger partial charge in [0.25, 0.3) is 5.91 Å². The van der Waals surface area contributed by atoms with Crippen molar-refractivity contribution >= 4 is 5.91 Å². The van der Waals surface area contributed by atoms with Crippen molar-refractivity contribution in [2.45, 2.75) is 13.2 Å². The highest BCUT2D eigenvalue weighted by atomic mass is 16.5. The van der Waals surface area contributed by atoms with Crippen LogP contribution in [-0.2, 0) is 4.74 Å². The van der Waals surface area contributed by atoms with E-state index in [1.807, 2.05) is 37.3 Å². The Labute approximate surface area is 83.3 Å².